The summed E-state index contributed by atoms with van der Waals surface area (Å²) in [5.41, 5.74) is 2.65. The van der Waals surface area contributed by atoms with Crippen LogP contribution >= 0.6 is 0 Å². The average Bonchev–Trinajstić information content (AvgIpc) is 3.36. The zero-order valence-electron chi connectivity index (χ0n) is 14.4. The topological polar surface area (TPSA) is 66.0 Å². The number of hydrogen-bond donors (Lipinski definition) is 0. The highest BCUT2D eigenvalue weighted by Gasteiger charge is 2.13. The molecule has 0 spiro atoms. The van der Waals surface area contributed by atoms with Crippen LogP contribution in [0.3, 0.4) is 0 Å². The fourth-order valence-corrected chi connectivity index (χ4v) is 2.59. The van der Waals surface area contributed by atoms with E-state index in [-0.39, 0.29) is 0 Å². The summed E-state index contributed by atoms with van der Waals surface area (Å²) in [6, 6.07) is 17.9. The minimum atomic E-state index is 0.420. The molecular weight excluding hydrogens is 328 g/mol. The molecule has 0 aliphatic rings. The summed E-state index contributed by atoms with van der Waals surface area (Å²) in [4.78, 5) is 8.70. The van der Waals surface area contributed by atoms with E-state index in [9.17, 15) is 0 Å². The molecule has 0 atom stereocenters. The molecule has 0 N–H and O–H groups in total. The van der Waals surface area contributed by atoms with Gasteiger partial charge in [0.2, 0.25) is 0 Å². The van der Waals surface area contributed by atoms with E-state index in [1.54, 1.807) is 6.33 Å². The first-order valence-corrected chi connectivity index (χ1v) is 8.46. The highest BCUT2D eigenvalue weighted by atomic mass is 16.5. The van der Waals surface area contributed by atoms with E-state index in [0.717, 1.165) is 23.4 Å². The first-order valence-electron chi connectivity index (χ1n) is 8.46. The van der Waals surface area contributed by atoms with Crippen LogP contribution in [0.2, 0.25) is 0 Å². The summed E-state index contributed by atoms with van der Waals surface area (Å²) in [5.74, 6) is 1.87. The third-order valence-corrected chi connectivity index (χ3v) is 3.97. The van der Waals surface area contributed by atoms with Crippen molar-refractivity contribution in [2.24, 2.45) is 0 Å². The lowest BCUT2D eigenvalue weighted by Crippen LogP contribution is -2.00. The number of hydrogen-bond acceptors (Lipinski definition) is 5. The van der Waals surface area contributed by atoms with Gasteiger partial charge in [0.05, 0.1) is 5.69 Å². The molecule has 0 unspecified atom stereocenters. The second kappa shape index (κ2) is 7.23. The van der Waals surface area contributed by atoms with E-state index < -0.39 is 0 Å². The quantitative estimate of drug-likeness (QED) is 0.527. The van der Waals surface area contributed by atoms with E-state index in [4.69, 9.17) is 9.26 Å². The van der Waals surface area contributed by atoms with Crippen LogP contribution in [0.25, 0.3) is 17.3 Å². The van der Waals surface area contributed by atoms with Crippen molar-refractivity contribution in [1.82, 2.24) is 19.7 Å². The zero-order chi connectivity index (χ0) is 17.8. The molecular formula is C20H18N4O2. The van der Waals surface area contributed by atoms with Crippen molar-refractivity contribution in [1.29, 1.82) is 0 Å². The molecule has 2 aromatic carbocycles. The summed E-state index contributed by atoms with van der Waals surface area (Å²) < 4.78 is 13.2. The van der Waals surface area contributed by atoms with E-state index in [1.807, 2.05) is 72.3 Å². The summed E-state index contributed by atoms with van der Waals surface area (Å²) in [5, 5.41) is 3.91. The van der Waals surface area contributed by atoms with Crippen molar-refractivity contribution in [3.8, 4) is 23.0 Å². The molecule has 2 aromatic heterocycles. The van der Waals surface area contributed by atoms with Gasteiger partial charge in [-0.1, -0.05) is 54.5 Å². The molecule has 6 nitrogen and oxygen atoms in total. The van der Waals surface area contributed by atoms with E-state index in [1.165, 1.54) is 0 Å². The van der Waals surface area contributed by atoms with Crippen molar-refractivity contribution >= 4 is 0 Å². The molecule has 0 saturated heterocycles. The normalized spacial score (nSPS) is 10.8. The van der Waals surface area contributed by atoms with Gasteiger partial charge in [0.1, 0.15) is 24.4 Å². The van der Waals surface area contributed by atoms with Crippen LogP contribution in [0.4, 0.5) is 0 Å². The Morgan fingerprint density at radius 1 is 1.04 bits per heavy atom. The van der Waals surface area contributed by atoms with E-state index in [0.29, 0.717) is 24.0 Å². The number of ether oxygens (including phenoxy) is 1. The van der Waals surface area contributed by atoms with Crippen molar-refractivity contribution in [2.75, 3.05) is 0 Å². The lowest BCUT2D eigenvalue weighted by Gasteiger charge is -2.11. The molecule has 0 bridgehead atoms. The van der Waals surface area contributed by atoms with Crippen LogP contribution in [0, 0.1) is 0 Å². The zero-order valence-corrected chi connectivity index (χ0v) is 14.4. The highest BCUT2D eigenvalue weighted by Crippen LogP contribution is 2.25. The molecule has 0 amide bonds. The SMILES string of the molecule is CCc1noc(-c2cn(-c3ccccc3OCc3ccccc3)cn2)n1. The maximum atomic E-state index is 6.01. The molecule has 4 rings (SSSR count). The summed E-state index contributed by atoms with van der Waals surface area (Å²) in [6.45, 7) is 2.48. The first-order chi connectivity index (χ1) is 12.8. The monoisotopic (exact) mass is 346 g/mol. The van der Waals surface area contributed by atoms with Crippen LogP contribution in [-0.2, 0) is 13.0 Å². The van der Waals surface area contributed by atoms with Crippen LogP contribution in [0.5, 0.6) is 5.75 Å². The molecule has 0 aliphatic heterocycles. The minimum Gasteiger partial charge on any atom is -0.487 e. The van der Waals surface area contributed by atoms with Crippen LogP contribution in [0.1, 0.15) is 18.3 Å². The third kappa shape index (κ3) is 3.35. The summed E-state index contributed by atoms with van der Waals surface area (Å²) in [7, 11) is 0. The Hall–Kier alpha value is -3.41. The second-order valence-electron chi connectivity index (χ2n) is 5.78. The molecule has 0 saturated carbocycles. The van der Waals surface area contributed by atoms with Crippen molar-refractivity contribution in [3.63, 3.8) is 0 Å². The van der Waals surface area contributed by atoms with E-state index in [2.05, 4.69) is 15.1 Å². The smallest absolute Gasteiger partial charge is 0.278 e. The number of benzene rings is 2. The predicted molar refractivity (Wildman–Crippen MR) is 97.0 cm³/mol. The third-order valence-electron chi connectivity index (χ3n) is 3.97. The Bertz CT molecular complexity index is 992. The second-order valence-corrected chi connectivity index (χ2v) is 5.78. The van der Waals surface area contributed by atoms with Crippen molar-refractivity contribution in [3.05, 3.63) is 78.5 Å². The van der Waals surface area contributed by atoms with Crippen molar-refractivity contribution in [2.45, 2.75) is 20.0 Å². The molecule has 130 valence electrons. The fraction of sp³-hybridized carbons (Fsp3) is 0.150. The Balaban J connectivity index is 1.58. The molecule has 0 aliphatic carbocycles. The van der Waals surface area contributed by atoms with Gasteiger partial charge in [0.15, 0.2) is 5.82 Å². The fourth-order valence-electron chi connectivity index (χ4n) is 2.59. The average molecular weight is 346 g/mol. The van der Waals surface area contributed by atoms with E-state index >= 15 is 0 Å². The van der Waals surface area contributed by atoms with Crippen molar-refractivity contribution < 1.29 is 9.26 Å². The minimum absolute atomic E-state index is 0.420. The predicted octanol–water partition coefficient (Wildman–Crippen LogP) is 4.06. The number of imidazole rings is 1. The van der Waals surface area contributed by atoms with Gasteiger partial charge >= 0.3 is 0 Å². The number of aromatic nitrogens is 4. The van der Waals surface area contributed by atoms with Crippen LogP contribution in [-0.4, -0.2) is 19.7 Å². The Kier molecular flexibility index (Phi) is 4.47. The van der Waals surface area contributed by atoms with Gasteiger partial charge in [-0.25, -0.2) is 4.98 Å². The lowest BCUT2D eigenvalue weighted by molar-refractivity contribution is 0.305. The molecule has 2 heterocycles. The van der Waals surface area contributed by atoms with Gasteiger partial charge in [0, 0.05) is 12.6 Å². The molecule has 26 heavy (non-hydrogen) atoms. The summed E-state index contributed by atoms with van der Waals surface area (Å²) >= 11 is 0. The Morgan fingerprint density at radius 3 is 2.65 bits per heavy atom. The van der Waals surface area contributed by atoms with Gasteiger partial charge < -0.3 is 13.8 Å². The Morgan fingerprint density at radius 2 is 1.85 bits per heavy atom. The molecule has 6 heteroatoms. The van der Waals surface area contributed by atoms with Gasteiger partial charge in [-0.3, -0.25) is 0 Å². The standard InChI is InChI=1S/C20H18N4O2/c1-2-19-22-20(26-23-19)16-12-24(14-21-16)17-10-6-7-11-18(17)25-13-15-8-4-3-5-9-15/h3-12,14H,2,13H2,1H3. The molecule has 0 fully saturated rings. The number of nitrogens with zero attached hydrogens (tertiary/aromatic N) is 4. The maximum Gasteiger partial charge on any atom is 0.278 e. The van der Waals surface area contributed by atoms with Crippen LogP contribution < -0.4 is 4.74 Å². The summed E-state index contributed by atoms with van der Waals surface area (Å²) in [6.07, 6.45) is 4.30. The maximum absolute atomic E-state index is 6.01. The number of aryl methyl sites for hydroxylation is 1. The first kappa shape index (κ1) is 16.1. The van der Waals surface area contributed by atoms with Crippen LogP contribution in [0.15, 0.2) is 71.6 Å². The van der Waals surface area contributed by atoms with Gasteiger partial charge in [-0.2, -0.15) is 4.98 Å². The highest BCUT2D eigenvalue weighted by molar-refractivity contribution is 5.51. The largest absolute Gasteiger partial charge is 0.487 e. The number of para-hydroxylation sites is 2. The van der Waals surface area contributed by atoms with Gasteiger partial charge in [-0.15, -0.1) is 0 Å². The molecule has 4 aromatic rings. The van der Waals surface area contributed by atoms with Gasteiger partial charge in [0.25, 0.3) is 5.89 Å². The molecule has 0 radical (unpaired) electrons. The lowest BCUT2D eigenvalue weighted by atomic mass is 10.2. The Labute approximate surface area is 151 Å². The van der Waals surface area contributed by atoms with Gasteiger partial charge in [-0.05, 0) is 17.7 Å². The number of rotatable bonds is 6.